The number of rotatable bonds is 13. The minimum absolute atomic E-state index is 0.345. The highest BCUT2D eigenvalue weighted by Gasteiger charge is 2.02. The third-order valence-corrected chi connectivity index (χ3v) is 2.61. The van der Waals surface area contributed by atoms with Crippen molar-refractivity contribution in [1.82, 2.24) is 5.32 Å². The molecular formula is C14H31NO3. The van der Waals surface area contributed by atoms with Crippen LogP contribution in [0, 0.1) is 0 Å². The Morgan fingerprint density at radius 2 is 1.72 bits per heavy atom. The van der Waals surface area contributed by atoms with E-state index in [-0.39, 0.29) is 0 Å². The number of methoxy groups -OCH3 is 1. The predicted molar refractivity (Wildman–Crippen MR) is 75.1 cm³/mol. The summed E-state index contributed by atoms with van der Waals surface area (Å²) in [7, 11) is 1.68. The molecular weight excluding hydrogens is 230 g/mol. The van der Waals surface area contributed by atoms with E-state index in [1.165, 1.54) is 6.42 Å². The standard InChI is InChI=1S/C14H31NO3/c1-13(2)15-8-5-7-14(3)18-10-6-9-17-12-11-16-4/h13-15H,5-12H2,1-4H3. The van der Waals surface area contributed by atoms with Crippen molar-refractivity contribution in [2.75, 3.05) is 40.1 Å². The lowest BCUT2D eigenvalue weighted by atomic mass is 10.2. The Labute approximate surface area is 112 Å². The molecule has 0 fully saturated rings. The highest BCUT2D eigenvalue weighted by Crippen LogP contribution is 2.01. The van der Waals surface area contributed by atoms with Crippen LogP contribution in [-0.4, -0.2) is 52.2 Å². The molecule has 0 saturated heterocycles. The van der Waals surface area contributed by atoms with Crippen molar-refractivity contribution in [2.24, 2.45) is 0 Å². The number of nitrogens with one attached hydrogen (secondary N) is 1. The van der Waals surface area contributed by atoms with Crippen LogP contribution in [0.3, 0.4) is 0 Å². The molecule has 0 saturated carbocycles. The molecule has 1 N–H and O–H groups in total. The van der Waals surface area contributed by atoms with E-state index in [0.29, 0.717) is 25.4 Å². The van der Waals surface area contributed by atoms with Crippen molar-refractivity contribution in [3.05, 3.63) is 0 Å². The van der Waals surface area contributed by atoms with Crippen LogP contribution in [0.2, 0.25) is 0 Å². The molecule has 4 nitrogen and oxygen atoms in total. The Balaban J connectivity index is 3.14. The van der Waals surface area contributed by atoms with Gasteiger partial charge in [-0.15, -0.1) is 0 Å². The van der Waals surface area contributed by atoms with E-state index in [4.69, 9.17) is 14.2 Å². The van der Waals surface area contributed by atoms with Gasteiger partial charge < -0.3 is 19.5 Å². The average Bonchev–Trinajstić information content (AvgIpc) is 2.33. The molecule has 1 atom stereocenters. The maximum Gasteiger partial charge on any atom is 0.0700 e. The molecule has 0 heterocycles. The van der Waals surface area contributed by atoms with Gasteiger partial charge in [-0.2, -0.15) is 0 Å². The summed E-state index contributed by atoms with van der Waals surface area (Å²) in [6.07, 6.45) is 3.59. The van der Waals surface area contributed by atoms with Crippen molar-refractivity contribution in [3.8, 4) is 0 Å². The highest BCUT2D eigenvalue weighted by atomic mass is 16.5. The largest absolute Gasteiger partial charge is 0.382 e. The Hall–Kier alpha value is -0.160. The lowest BCUT2D eigenvalue weighted by Crippen LogP contribution is -2.24. The van der Waals surface area contributed by atoms with Crippen LogP contribution in [0.4, 0.5) is 0 Å². The van der Waals surface area contributed by atoms with Gasteiger partial charge in [0.25, 0.3) is 0 Å². The van der Waals surface area contributed by atoms with Gasteiger partial charge >= 0.3 is 0 Å². The van der Waals surface area contributed by atoms with Gasteiger partial charge in [0.2, 0.25) is 0 Å². The van der Waals surface area contributed by atoms with E-state index in [2.05, 4.69) is 26.1 Å². The van der Waals surface area contributed by atoms with E-state index >= 15 is 0 Å². The first-order valence-electron chi connectivity index (χ1n) is 7.08. The maximum absolute atomic E-state index is 5.72. The van der Waals surface area contributed by atoms with Crippen LogP contribution in [0.5, 0.6) is 0 Å². The molecule has 0 aliphatic rings. The summed E-state index contributed by atoms with van der Waals surface area (Å²) in [5, 5.41) is 3.41. The minimum Gasteiger partial charge on any atom is -0.382 e. The summed E-state index contributed by atoms with van der Waals surface area (Å²) in [4.78, 5) is 0. The van der Waals surface area contributed by atoms with Crippen molar-refractivity contribution in [3.63, 3.8) is 0 Å². The van der Waals surface area contributed by atoms with E-state index in [0.717, 1.165) is 32.6 Å². The molecule has 0 bridgehead atoms. The molecule has 0 aromatic heterocycles. The second kappa shape index (κ2) is 13.3. The van der Waals surface area contributed by atoms with Crippen LogP contribution in [-0.2, 0) is 14.2 Å². The number of hydrogen-bond acceptors (Lipinski definition) is 4. The molecule has 0 aromatic carbocycles. The summed E-state index contributed by atoms with van der Waals surface area (Å²) in [5.74, 6) is 0. The summed E-state index contributed by atoms with van der Waals surface area (Å²) < 4.78 is 16.0. The van der Waals surface area contributed by atoms with Crippen molar-refractivity contribution >= 4 is 0 Å². The molecule has 0 aliphatic heterocycles. The third-order valence-electron chi connectivity index (χ3n) is 2.61. The predicted octanol–water partition coefficient (Wildman–Crippen LogP) is 2.22. The first kappa shape index (κ1) is 17.8. The van der Waals surface area contributed by atoms with Gasteiger partial charge in [-0.25, -0.2) is 0 Å². The first-order valence-corrected chi connectivity index (χ1v) is 7.08. The van der Waals surface area contributed by atoms with Gasteiger partial charge in [0, 0.05) is 26.4 Å². The zero-order valence-electron chi connectivity index (χ0n) is 12.5. The second-order valence-electron chi connectivity index (χ2n) is 4.89. The quantitative estimate of drug-likeness (QED) is 0.516. The Morgan fingerprint density at radius 1 is 0.944 bits per heavy atom. The molecule has 18 heavy (non-hydrogen) atoms. The average molecular weight is 261 g/mol. The monoisotopic (exact) mass is 261 g/mol. The van der Waals surface area contributed by atoms with Crippen molar-refractivity contribution in [1.29, 1.82) is 0 Å². The van der Waals surface area contributed by atoms with Crippen LogP contribution < -0.4 is 5.32 Å². The SMILES string of the molecule is COCCOCCCOC(C)CCCNC(C)C. The van der Waals surface area contributed by atoms with Gasteiger partial charge in [-0.3, -0.25) is 0 Å². The summed E-state index contributed by atoms with van der Waals surface area (Å²) in [5.41, 5.74) is 0. The number of hydrogen-bond donors (Lipinski definition) is 1. The highest BCUT2D eigenvalue weighted by molar-refractivity contribution is 4.56. The summed E-state index contributed by atoms with van der Waals surface area (Å²) in [6.45, 7) is 10.4. The fraction of sp³-hybridized carbons (Fsp3) is 1.00. The Kier molecular flexibility index (Phi) is 13.2. The van der Waals surface area contributed by atoms with Gasteiger partial charge in [0.05, 0.1) is 19.3 Å². The molecule has 0 spiro atoms. The van der Waals surface area contributed by atoms with Crippen molar-refractivity contribution < 1.29 is 14.2 Å². The van der Waals surface area contributed by atoms with E-state index in [9.17, 15) is 0 Å². The summed E-state index contributed by atoms with van der Waals surface area (Å²) >= 11 is 0. The van der Waals surface area contributed by atoms with Gasteiger partial charge in [0.15, 0.2) is 0 Å². The maximum atomic E-state index is 5.72. The molecule has 1 unspecified atom stereocenters. The minimum atomic E-state index is 0.345. The molecule has 0 rings (SSSR count). The lowest BCUT2D eigenvalue weighted by Gasteiger charge is -2.14. The van der Waals surface area contributed by atoms with Crippen LogP contribution >= 0.6 is 0 Å². The van der Waals surface area contributed by atoms with E-state index < -0.39 is 0 Å². The smallest absolute Gasteiger partial charge is 0.0700 e. The van der Waals surface area contributed by atoms with Gasteiger partial charge in [0.1, 0.15) is 0 Å². The van der Waals surface area contributed by atoms with Crippen LogP contribution in [0.15, 0.2) is 0 Å². The fourth-order valence-corrected chi connectivity index (χ4v) is 1.55. The zero-order valence-corrected chi connectivity index (χ0v) is 12.5. The van der Waals surface area contributed by atoms with Gasteiger partial charge in [-0.05, 0) is 32.7 Å². The lowest BCUT2D eigenvalue weighted by molar-refractivity contribution is 0.0268. The zero-order chi connectivity index (χ0) is 13.6. The van der Waals surface area contributed by atoms with Crippen LogP contribution in [0.25, 0.3) is 0 Å². The van der Waals surface area contributed by atoms with E-state index in [1.54, 1.807) is 7.11 Å². The molecule has 0 aliphatic carbocycles. The normalized spacial score (nSPS) is 13.2. The Bertz CT molecular complexity index is 165. The molecule has 110 valence electrons. The van der Waals surface area contributed by atoms with Crippen molar-refractivity contribution in [2.45, 2.75) is 52.2 Å². The summed E-state index contributed by atoms with van der Waals surface area (Å²) in [6, 6.07) is 0.575. The van der Waals surface area contributed by atoms with Gasteiger partial charge in [-0.1, -0.05) is 13.8 Å². The topological polar surface area (TPSA) is 39.7 Å². The molecule has 4 heteroatoms. The molecule has 0 amide bonds. The molecule has 0 aromatic rings. The first-order chi connectivity index (χ1) is 8.66. The fourth-order valence-electron chi connectivity index (χ4n) is 1.55. The second-order valence-corrected chi connectivity index (χ2v) is 4.89. The number of ether oxygens (including phenoxy) is 3. The Morgan fingerprint density at radius 3 is 2.39 bits per heavy atom. The van der Waals surface area contributed by atoms with Crippen LogP contribution in [0.1, 0.15) is 40.0 Å². The molecule has 0 radical (unpaired) electrons. The third kappa shape index (κ3) is 13.9. The van der Waals surface area contributed by atoms with E-state index in [1.807, 2.05) is 0 Å².